The smallest absolute Gasteiger partial charge is 0.253 e. The van der Waals surface area contributed by atoms with Gasteiger partial charge >= 0.3 is 0 Å². The van der Waals surface area contributed by atoms with Crippen molar-refractivity contribution in [3.63, 3.8) is 0 Å². The zero-order chi connectivity index (χ0) is 12.5. The second-order valence-electron chi connectivity index (χ2n) is 3.85. The van der Waals surface area contributed by atoms with Crippen LogP contribution < -0.4 is 5.73 Å². The molecule has 0 aliphatic heterocycles. The van der Waals surface area contributed by atoms with Crippen LogP contribution in [0.4, 0.5) is 5.69 Å². The normalized spacial score (nSPS) is 10.9. The number of nitrogen functional groups attached to an aromatic ring is 1. The highest BCUT2D eigenvalue weighted by Crippen LogP contribution is 2.31. The predicted molar refractivity (Wildman–Crippen MR) is 70.5 cm³/mol. The van der Waals surface area contributed by atoms with Crippen LogP contribution in [0.5, 0.6) is 0 Å². The quantitative estimate of drug-likeness (QED) is 0.563. The van der Waals surface area contributed by atoms with Crippen LogP contribution >= 0.6 is 11.8 Å². The molecule has 0 saturated carbocycles. The van der Waals surface area contributed by atoms with E-state index in [2.05, 4.69) is 15.1 Å². The Balaban J connectivity index is 2.10. The first-order valence-corrected chi connectivity index (χ1v) is 6.25. The van der Waals surface area contributed by atoms with Gasteiger partial charge in [0.05, 0.1) is 0 Å². The van der Waals surface area contributed by atoms with Crippen molar-refractivity contribution in [1.29, 1.82) is 0 Å². The van der Waals surface area contributed by atoms with Gasteiger partial charge in [0.2, 0.25) is 0 Å². The molecule has 18 heavy (non-hydrogen) atoms. The number of hydrogen-bond donors (Lipinski definition) is 1. The highest BCUT2D eigenvalue weighted by Gasteiger charge is 2.08. The maximum absolute atomic E-state index is 5.94. The number of hydrogen-bond acceptors (Lipinski definition) is 5. The molecule has 0 aliphatic rings. The molecular weight excluding hydrogens is 246 g/mol. The molecular formula is C12H11N5S. The van der Waals surface area contributed by atoms with Crippen LogP contribution in [0.1, 0.15) is 5.69 Å². The van der Waals surface area contributed by atoms with Crippen LogP contribution in [0.2, 0.25) is 0 Å². The van der Waals surface area contributed by atoms with Crippen LogP contribution in [-0.4, -0.2) is 19.6 Å². The zero-order valence-electron chi connectivity index (χ0n) is 9.74. The summed E-state index contributed by atoms with van der Waals surface area (Å²) in [6.07, 6.45) is 1.50. The lowest BCUT2D eigenvalue weighted by Gasteiger charge is -2.06. The van der Waals surface area contributed by atoms with Gasteiger partial charge < -0.3 is 5.73 Å². The van der Waals surface area contributed by atoms with Gasteiger partial charge in [-0.25, -0.2) is 4.98 Å². The van der Waals surface area contributed by atoms with E-state index in [0.29, 0.717) is 5.78 Å². The molecule has 0 atom stereocenters. The molecule has 0 saturated heterocycles. The van der Waals surface area contributed by atoms with Crippen molar-refractivity contribution in [2.24, 2.45) is 0 Å². The molecule has 0 aliphatic carbocycles. The Morgan fingerprint density at radius 3 is 2.94 bits per heavy atom. The molecule has 90 valence electrons. The van der Waals surface area contributed by atoms with E-state index in [0.717, 1.165) is 21.3 Å². The van der Waals surface area contributed by atoms with Crippen LogP contribution in [0.3, 0.4) is 0 Å². The summed E-state index contributed by atoms with van der Waals surface area (Å²) in [6, 6.07) is 9.72. The first-order valence-electron chi connectivity index (χ1n) is 5.44. The van der Waals surface area contributed by atoms with Crippen molar-refractivity contribution >= 4 is 23.2 Å². The molecule has 0 bridgehead atoms. The SMILES string of the molecule is Cc1cc(Sc2ccccc2N)n2ncnc2n1. The first kappa shape index (κ1) is 11.0. The largest absolute Gasteiger partial charge is 0.398 e. The van der Waals surface area contributed by atoms with Crippen molar-refractivity contribution < 1.29 is 0 Å². The van der Waals surface area contributed by atoms with Crippen LogP contribution in [0, 0.1) is 6.92 Å². The Bertz CT molecular complexity index is 707. The van der Waals surface area contributed by atoms with E-state index in [1.54, 1.807) is 16.3 Å². The minimum Gasteiger partial charge on any atom is -0.398 e. The minimum absolute atomic E-state index is 0.604. The lowest BCUT2D eigenvalue weighted by atomic mass is 10.3. The number of aryl methyl sites for hydroxylation is 1. The standard InChI is InChI=1S/C12H11N5S/c1-8-6-11(17-12(16-8)14-7-15-17)18-10-5-3-2-4-9(10)13/h2-7H,13H2,1H3. The van der Waals surface area contributed by atoms with Crippen molar-refractivity contribution in [2.45, 2.75) is 16.8 Å². The molecule has 5 nitrogen and oxygen atoms in total. The third kappa shape index (κ3) is 1.91. The summed E-state index contributed by atoms with van der Waals surface area (Å²) in [7, 11) is 0. The number of benzene rings is 1. The molecule has 1 aromatic carbocycles. The number of anilines is 1. The van der Waals surface area contributed by atoms with Gasteiger partial charge in [0.15, 0.2) is 0 Å². The number of nitrogens with zero attached hydrogens (tertiary/aromatic N) is 4. The average Bonchev–Trinajstić information content (AvgIpc) is 2.80. The van der Waals surface area contributed by atoms with E-state index >= 15 is 0 Å². The fourth-order valence-corrected chi connectivity index (χ4v) is 2.66. The monoisotopic (exact) mass is 257 g/mol. The van der Waals surface area contributed by atoms with Crippen LogP contribution in [0.15, 0.2) is 46.6 Å². The Morgan fingerprint density at radius 2 is 2.11 bits per heavy atom. The van der Waals surface area contributed by atoms with Gasteiger partial charge in [-0.1, -0.05) is 23.9 Å². The molecule has 2 N–H and O–H groups in total. The summed E-state index contributed by atoms with van der Waals surface area (Å²) in [5, 5.41) is 5.12. The molecule has 3 aromatic rings. The molecule has 0 fully saturated rings. The molecule has 3 rings (SSSR count). The highest BCUT2D eigenvalue weighted by atomic mass is 32.2. The molecule has 6 heteroatoms. The van der Waals surface area contributed by atoms with Crippen LogP contribution in [-0.2, 0) is 0 Å². The Kier molecular flexibility index (Phi) is 2.64. The van der Waals surface area contributed by atoms with E-state index in [9.17, 15) is 0 Å². The zero-order valence-corrected chi connectivity index (χ0v) is 10.6. The van der Waals surface area contributed by atoms with Gasteiger partial charge in [-0.15, -0.1) is 0 Å². The summed E-state index contributed by atoms with van der Waals surface area (Å²) < 4.78 is 1.71. The lowest BCUT2D eigenvalue weighted by Crippen LogP contribution is -1.97. The number of rotatable bonds is 2. The lowest BCUT2D eigenvalue weighted by molar-refractivity contribution is 0.833. The fourth-order valence-electron chi connectivity index (χ4n) is 1.66. The summed E-state index contributed by atoms with van der Waals surface area (Å²) in [6.45, 7) is 1.94. The maximum atomic E-state index is 5.94. The maximum Gasteiger partial charge on any atom is 0.253 e. The summed E-state index contributed by atoms with van der Waals surface area (Å²) in [5.41, 5.74) is 7.61. The Morgan fingerprint density at radius 1 is 1.28 bits per heavy atom. The van der Waals surface area contributed by atoms with Gasteiger partial charge in [-0.3, -0.25) is 0 Å². The van der Waals surface area contributed by atoms with Crippen molar-refractivity contribution in [3.05, 3.63) is 42.4 Å². The Labute approximate surface area is 108 Å². The van der Waals surface area contributed by atoms with Gasteiger partial charge in [0.25, 0.3) is 5.78 Å². The van der Waals surface area contributed by atoms with E-state index < -0.39 is 0 Å². The number of nitrogens with two attached hydrogens (primary N) is 1. The molecule has 0 radical (unpaired) electrons. The fraction of sp³-hybridized carbons (Fsp3) is 0.0833. The third-order valence-corrected chi connectivity index (χ3v) is 3.57. The molecule has 0 spiro atoms. The van der Waals surface area contributed by atoms with Crippen molar-refractivity contribution in [2.75, 3.05) is 5.73 Å². The van der Waals surface area contributed by atoms with Crippen LogP contribution in [0.25, 0.3) is 5.78 Å². The molecule has 2 heterocycles. The van der Waals surface area contributed by atoms with Gasteiger partial charge in [0, 0.05) is 16.3 Å². The van der Waals surface area contributed by atoms with Crippen molar-refractivity contribution in [3.8, 4) is 0 Å². The topological polar surface area (TPSA) is 69.1 Å². The molecule has 2 aromatic heterocycles. The number of fused-ring (bicyclic) bond motifs is 1. The van der Waals surface area contributed by atoms with Gasteiger partial charge in [-0.2, -0.15) is 14.6 Å². The third-order valence-electron chi connectivity index (χ3n) is 2.48. The van der Waals surface area contributed by atoms with Gasteiger partial charge in [0.1, 0.15) is 11.4 Å². The minimum atomic E-state index is 0.604. The number of para-hydroxylation sites is 1. The number of aromatic nitrogens is 4. The first-order chi connectivity index (χ1) is 8.74. The van der Waals surface area contributed by atoms with E-state index in [1.165, 1.54) is 6.33 Å². The molecule has 0 unspecified atom stereocenters. The Hall–Kier alpha value is -2.08. The summed E-state index contributed by atoms with van der Waals surface area (Å²) >= 11 is 1.56. The second kappa shape index (κ2) is 4.30. The van der Waals surface area contributed by atoms with E-state index in [1.807, 2.05) is 37.3 Å². The average molecular weight is 257 g/mol. The molecule has 0 amide bonds. The predicted octanol–water partition coefficient (Wildman–Crippen LogP) is 2.17. The van der Waals surface area contributed by atoms with E-state index in [-0.39, 0.29) is 0 Å². The van der Waals surface area contributed by atoms with Gasteiger partial charge in [-0.05, 0) is 25.1 Å². The van der Waals surface area contributed by atoms with Crippen molar-refractivity contribution in [1.82, 2.24) is 19.6 Å². The second-order valence-corrected chi connectivity index (χ2v) is 4.91. The highest BCUT2D eigenvalue weighted by molar-refractivity contribution is 7.99. The summed E-state index contributed by atoms with van der Waals surface area (Å²) in [5.74, 6) is 0.604. The van der Waals surface area contributed by atoms with E-state index in [4.69, 9.17) is 5.73 Å². The summed E-state index contributed by atoms with van der Waals surface area (Å²) in [4.78, 5) is 9.41.